The highest BCUT2D eigenvalue weighted by molar-refractivity contribution is 9.10. The molecule has 0 aliphatic carbocycles. The molecule has 0 bridgehead atoms. The Bertz CT molecular complexity index is 781. The Hall–Kier alpha value is -2.32. The largest absolute Gasteiger partial charge is 0.481 e. The van der Waals surface area contributed by atoms with Crippen molar-refractivity contribution in [2.24, 2.45) is 0 Å². The molecule has 32 heavy (non-hydrogen) atoms. The van der Waals surface area contributed by atoms with Crippen LogP contribution in [0.5, 0.6) is 0 Å². The summed E-state index contributed by atoms with van der Waals surface area (Å²) >= 11 is 3.12. The van der Waals surface area contributed by atoms with Gasteiger partial charge >= 0.3 is 18.0 Å². The lowest BCUT2D eigenvalue weighted by molar-refractivity contribution is -0.143. The number of amides is 1. The quantitative estimate of drug-likeness (QED) is 0.137. The predicted octanol–water partition coefficient (Wildman–Crippen LogP) is 1.06. The van der Waals surface area contributed by atoms with E-state index in [2.05, 4.69) is 26.6 Å². The molecule has 3 atom stereocenters. The number of unbranched alkanes of at least 4 members (excludes halogenated alkanes) is 1. The van der Waals surface area contributed by atoms with Gasteiger partial charge in [-0.25, -0.2) is 14.0 Å². The van der Waals surface area contributed by atoms with Gasteiger partial charge in [-0.05, 0) is 44.4 Å². The van der Waals surface area contributed by atoms with Gasteiger partial charge in [0.25, 0.3) is 0 Å². The number of benzene rings is 1. The minimum Gasteiger partial charge on any atom is -0.481 e. The van der Waals surface area contributed by atoms with Crippen LogP contribution in [-0.4, -0.2) is 68.5 Å². The Morgan fingerprint density at radius 2 is 1.78 bits per heavy atom. The summed E-state index contributed by atoms with van der Waals surface area (Å²) in [6, 6.07) is 2.87. The number of aliphatic carboxylic acids is 2. The molecule has 0 fully saturated rings. The number of aliphatic hydroxyl groups excluding tert-OH is 2. The first-order valence-electron chi connectivity index (χ1n) is 9.65. The summed E-state index contributed by atoms with van der Waals surface area (Å²) in [5.41, 5.74) is 0.0598. The standard InChI is InChI=1S/C19H26BrFN2O9/c20-10-4-5-11(12(21)9-10)16(26)22-8-2-1-3-13(17(27)28)23-19(31)32-14(18(29)30)6-7-15(24)25/h4-5,9,13-14,16,18,22,26,29-30H,1-3,6-8H2,(H,23,31)(H,24,25)(H,27,28)/t13-,14-,16?/m0/s1. The van der Waals surface area contributed by atoms with Gasteiger partial charge in [-0.15, -0.1) is 0 Å². The first-order valence-corrected chi connectivity index (χ1v) is 10.4. The molecule has 13 heteroatoms. The molecule has 0 aliphatic rings. The van der Waals surface area contributed by atoms with Crippen molar-refractivity contribution in [3.05, 3.63) is 34.1 Å². The van der Waals surface area contributed by atoms with Crippen LogP contribution in [0.2, 0.25) is 0 Å². The molecule has 0 saturated carbocycles. The number of halogens is 2. The molecule has 1 amide bonds. The van der Waals surface area contributed by atoms with Gasteiger partial charge in [-0.2, -0.15) is 0 Å². The molecule has 0 aliphatic heterocycles. The number of nitrogens with one attached hydrogen (secondary N) is 2. The number of carbonyl (C=O) groups is 3. The lowest BCUT2D eigenvalue weighted by Gasteiger charge is -2.21. The van der Waals surface area contributed by atoms with Gasteiger partial charge in [-0.1, -0.05) is 22.0 Å². The van der Waals surface area contributed by atoms with Crippen molar-refractivity contribution in [3.63, 3.8) is 0 Å². The van der Waals surface area contributed by atoms with Gasteiger partial charge in [0.05, 0.1) is 0 Å². The van der Waals surface area contributed by atoms with E-state index in [1.165, 1.54) is 12.1 Å². The Balaban J connectivity index is 2.43. The predicted molar refractivity (Wildman–Crippen MR) is 111 cm³/mol. The zero-order chi connectivity index (χ0) is 24.3. The summed E-state index contributed by atoms with van der Waals surface area (Å²) < 4.78 is 19.0. The second-order valence-electron chi connectivity index (χ2n) is 6.84. The van der Waals surface area contributed by atoms with Crippen molar-refractivity contribution in [1.29, 1.82) is 0 Å². The van der Waals surface area contributed by atoms with Crippen LogP contribution in [0.3, 0.4) is 0 Å². The average Bonchev–Trinajstić information content (AvgIpc) is 2.69. The van der Waals surface area contributed by atoms with E-state index in [4.69, 9.17) is 20.1 Å². The first-order chi connectivity index (χ1) is 15.0. The third kappa shape index (κ3) is 10.3. The summed E-state index contributed by atoms with van der Waals surface area (Å²) in [5, 5.41) is 51.0. The molecule has 0 radical (unpaired) electrons. The van der Waals surface area contributed by atoms with E-state index >= 15 is 0 Å². The number of hydrogen-bond acceptors (Lipinski definition) is 8. The molecule has 180 valence electrons. The van der Waals surface area contributed by atoms with Crippen molar-refractivity contribution in [1.82, 2.24) is 10.6 Å². The van der Waals surface area contributed by atoms with E-state index in [1.54, 1.807) is 6.07 Å². The minimum absolute atomic E-state index is 0.00365. The molecule has 7 N–H and O–H groups in total. The van der Waals surface area contributed by atoms with Crippen LogP contribution < -0.4 is 10.6 Å². The molecular weight excluding hydrogens is 499 g/mol. The molecule has 0 spiro atoms. The Morgan fingerprint density at radius 3 is 2.34 bits per heavy atom. The van der Waals surface area contributed by atoms with Gasteiger partial charge in [0.2, 0.25) is 0 Å². The molecule has 11 nitrogen and oxygen atoms in total. The van der Waals surface area contributed by atoms with E-state index in [0.717, 1.165) is 0 Å². The maximum Gasteiger partial charge on any atom is 0.408 e. The van der Waals surface area contributed by atoms with E-state index < -0.39 is 54.9 Å². The fraction of sp³-hybridized carbons (Fsp3) is 0.526. The molecule has 0 saturated heterocycles. The van der Waals surface area contributed by atoms with Crippen LogP contribution in [0.15, 0.2) is 22.7 Å². The number of carboxylic acids is 2. The normalized spacial score (nSPS) is 13.9. The molecule has 1 unspecified atom stereocenters. The average molecular weight is 525 g/mol. The Morgan fingerprint density at radius 1 is 1.09 bits per heavy atom. The van der Waals surface area contributed by atoms with Crippen LogP contribution in [-0.2, 0) is 14.3 Å². The number of ether oxygens (including phenoxy) is 1. The number of hydrogen-bond donors (Lipinski definition) is 7. The third-order valence-electron chi connectivity index (χ3n) is 4.34. The summed E-state index contributed by atoms with van der Waals surface area (Å²) in [7, 11) is 0. The lowest BCUT2D eigenvalue weighted by Crippen LogP contribution is -2.44. The summed E-state index contributed by atoms with van der Waals surface area (Å²) in [5.74, 6) is -3.18. The van der Waals surface area contributed by atoms with Crippen molar-refractivity contribution in [2.45, 2.75) is 56.8 Å². The van der Waals surface area contributed by atoms with Gasteiger partial charge in [0.1, 0.15) is 18.1 Å². The highest BCUT2D eigenvalue weighted by atomic mass is 79.9. The first kappa shape index (κ1) is 27.7. The molecule has 1 aromatic carbocycles. The van der Waals surface area contributed by atoms with Gasteiger partial charge < -0.3 is 35.6 Å². The molecule has 1 aromatic rings. The van der Waals surface area contributed by atoms with E-state index in [0.29, 0.717) is 17.3 Å². The number of carbonyl (C=O) groups excluding carboxylic acids is 1. The number of alkyl carbamates (subject to hydrolysis) is 1. The fourth-order valence-corrected chi connectivity index (χ4v) is 2.98. The fourth-order valence-electron chi connectivity index (χ4n) is 2.65. The van der Waals surface area contributed by atoms with Crippen molar-refractivity contribution < 1.29 is 49.0 Å². The second kappa shape index (κ2) is 14.0. The smallest absolute Gasteiger partial charge is 0.408 e. The van der Waals surface area contributed by atoms with E-state index in [1.807, 2.05) is 0 Å². The third-order valence-corrected chi connectivity index (χ3v) is 4.83. The van der Waals surface area contributed by atoms with Crippen molar-refractivity contribution in [2.75, 3.05) is 6.54 Å². The van der Waals surface area contributed by atoms with Crippen LogP contribution in [0, 0.1) is 5.82 Å². The molecule has 1 rings (SSSR count). The zero-order valence-corrected chi connectivity index (χ0v) is 18.5. The summed E-state index contributed by atoms with van der Waals surface area (Å²) in [6.45, 7) is 0.238. The molecular formula is C19H26BrFN2O9. The Labute approximate surface area is 191 Å². The van der Waals surface area contributed by atoms with Gasteiger partial charge in [-0.3, -0.25) is 10.1 Å². The van der Waals surface area contributed by atoms with Gasteiger partial charge in [0.15, 0.2) is 12.4 Å². The van der Waals surface area contributed by atoms with Crippen LogP contribution in [0.25, 0.3) is 0 Å². The zero-order valence-electron chi connectivity index (χ0n) is 16.9. The second-order valence-corrected chi connectivity index (χ2v) is 7.76. The highest BCUT2D eigenvalue weighted by Crippen LogP contribution is 2.19. The van der Waals surface area contributed by atoms with Crippen LogP contribution in [0.1, 0.15) is 43.9 Å². The highest BCUT2D eigenvalue weighted by Gasteiger charge is 2.26. The number of rotatable bonds is 14. The maximum atomic E-state index is 13.8. The minimum atomic E-state index is -2.13. The number of carboxylic acid groups (broad SMARTS) is 2. The topological polar surface area (TPSA) is 186 Å². The monoisotopic (exact) mass is 524 g/mol. The SMILES string of the molecule is O=C(O)CC[C@H](OC(=O)N[C@@H](CCCCNC(O)c1ccc(Br)cc1F)C(=O)O)C(O)O. The van der Waals surface area contributed by atoms with Gasteiger partial charge in [0, 0.05) is 16.5 Å². The van der Waals surface area contributed by atoms with E-state index in [-0.39, 0.29) is 24.9 Å². The molecule has 0 aromatic heterocycles. The summed E-state index contributed by atoms with van der Waals surface area (Å²) in [4.78, 5) is 33.8. The van der Waals surface area contributed by atoms with Crippen molar-refractivity contribution in [3.8, 4) is 0 Å². The maximum absolute atomic E-state index is 13.8. The Kier molecular flexibility index (Phi) is 12.1. The van der Waals surface area contributed by atoms with Crippen molar-refractivity contribution >= 4 is 34.0 Å². The number of aliphatic hydroxyl groups is 3. The lowest BCUT2D eigenvalue weighted by atomic mass is 10.1. The van der Waals surface area contributed by atoms with Crippen LogP contribution in [0.4, 0.5) is 9.18 Å². The summed E-state index contributed by atoms with van der Waals surface area (Å²) in [6.07, 6.45) is -6.31. The van der Waals surface area contributed by atoms with E-state index in [9.17, 15) is 29.0 Å². The van der Waals surface area contributed by atoms with Crippen LogP contribution >= 0.6 is 15.9 Å². The molecule has 0 heterocycles.